The van der Waals surface area contributed by atoms with E-state index in [1.54, 1.807) is 22.8 Å². The first-order chi connectivity index (χ1) is 13.4. The van der Waals surface area contributed by atoms with Crippen molar-refractivity contribution < 1.29 is 13.2 Å². The highest BCUT2D eigenvalue weighted by Crippen LogP contribution is 2.31. The molecule has 0 atom stereocenters. The van der Waals surface area contributed by atoms with Crippen molar-refractivity contribution in [3.8, 4) is 0 Å². The molecule has 1 aromatic carbocycles. The number of rotatable bonds is 3. The lowest BCUT2D eigenvalue weighted by Crippen LogP contribution is -2.50. The van der Waals surface area contributed by atoms with Gasteiger partial charge in [0, 0.05) is 39.4 Å². The van der Waals surface area contributed by atoms with Crippen molar-refractivity contribution >= 4 is 15.9 Å². The molecule has 0 saturated carbocycles. The van der Waals surface area contributed by atoms with Crippen molar-refractivity contribution in [2.24, 2.45) is 7.05 Å². The largest absolute Gasteiger partial charge is 0.336 e. The number of piperazine rings is 1. The van der Waals surface area contributed by atoms with Crippen molar-refractivity contribution in [3.63, 3.8) is 0 Å². The van der Waals surface area contributed by atoms with Gasteiger partial charge < -0.3 is 4.90 Å². The van der Waals surface area contributed by atoms with Crippen LogP contribution in [0.25, 0.3) is 0 Å². The van der Waals surface area contributed by atoms with Crippen molar-refractivity contribution in [2.75, 3.05) is 26.2 Å². The number of sulfonamides is 1. The Kier molecular flexibility index (Phi) is 5.62. The Balaban J connectivity index is 1.79. The Hall–Kier alpha value is -2.19. The Labute approximate surface area is 173 Å². The number of amides is 1. The second kappa shape index (κ2) is 7.57. The second-order valence-corrected chi connectivity index (χ2v) is 10.7. The molecule has 0 bridgehead atoms. The predicted octanol–water partition coefficient (Wildman–Crippen LogP) is 2.48. The number of hydrogen-bond donors (Lipinski definition) is 0. The van der Waals surface area contributed by atoms with Gasteiger partial charge in [0.1, 0.15) is 0 Å². The summed E-state index contributed by atoms with van der Waals surface area (Å²) in [5.74, 6) is -0.114. The van der Waals surface area contributed by atoms with Crippen LogP contribution in [0, 0.1) is 13.8 Å². The number of hydrogen-bond acceptors (Lipinski definition) is 4. The molecule has 1 aromatic heterocycles. The lowest BCUT2D eigenvalue weighted by Gasteiger charge is -2.34. The fraction of sp³-hybridized carbons (Fsp3) is 0.524. The topological polar surface area (TPSA) is 75.5 Å². The van der Waals surface area contributed by atoms with Crippen molar-refractivity contribution in [2.45, 2.75) is 44.9 Å². The number of aryl methyl sites for hydroxylation is 3. The molecule has 1 saturated heterocycles. The summed E-state index contributed by atoms with van der Waals surface area (Å²) in [7, 11) is -1.86. The first-order valence-corrected chi connectivity index (χ1v) is 11.2. The molecule has 1 amide bonds. The van der Waals surface area contributed by atoms with Crippen LogP contribution in [0.15, 0.2) is 29.4 Å². The third kappa shape index (κ3) is 4.23. The normalized spacial score (nSPS) is 16.3. The van der Waals surface area contributed by atoms with E-state index in [4.69, 9.17) is 0 Å². The van der Waals surface area contributed by atoms with E-state index in [0.29, 0.717) is 23.5 Å². The predicted molar refractivity (Wildman–Crippen MR) is 112 cm³/mol. The summed E-state index contributed by atoms with van der Waals surface area (Å²) in [6, 6.07) is 3.95. The van der Waals surface area contributed by atoms with Gasteiger partial charge in [-0.2, -0.15) is 9.40 Å². The van der Waals surface area contributed by atoms with Gasteiger partial charge >= 0.3 is 0 Å². The summed E-state index contributed by atoms with van der Waals surface area (Å²) in [4.78, 5) is 14.7. The molecule has 1 fully saturated rings. The minimum atomic E-state index is -3.62. The van der Waals surface area contributed by atoms with E-state index in [1.807, 2.05) is 26.0 Å². The molecule has 0 radical (unpaired) electrons. The van der Waals surface area contributed by atoms with Gasteiger partial charge in [-0.1, -0.05) is 32.9 Å². The molecule has 158 valence electrons. The Morgan fingerprint density at radius 1 is 1.03 bits per heavy atom. The smallest absolute Gasteiger partial charge is 0.257 e. The van der Waals surface area contributed by atoms with Gasteiger partial charge in [-0.15, -0.1) is 0 Å². The maximum atomic E-state index is 13.3. The number of benzene rings is 1. The summed E-state index contributed by atoms with van der Waals surface area (Å²) in [5.41, 5.74) is 3.13. The minimum absolute atomic E-state index is 0.0455. The van der Waals surface area contributed by atoms with E-state index in [-0.39, 0.29) is 24.4 Å². The third-order valence-corrected chi connectivity index (χ3v) is 7.61. The highest BCUT2D eigenvalue weighted by molar-refractivity contribution is 7.89. The first-order valence-electron chi connectivity index (χ1n) is 9.81. The highest BCUT2D eigenvalue weighted by atomic mass is 32.2. The van der Waals surface area contributed by atoms with Crippen molar-refractivity contribution in [1.29, 1.82) is 0 Å². The zero-order valence-electron chi connectivity index (χ0n) is 18.1. The molecule has 0 spiro atoms. The van der Waals surface area contributed by atoms with E-state index >= 15 is 0 Å². The van der Waals surface area contributed by atoms with E-state index in [1.165, 1.54) is 10.5 Å². The van der Waals surface area contributed by atoms with Gasteiger partial charge in [-0.05, 0) is 36.0 Å². The Morgan fingerprint density at radius 3 is 2.03 bits per heavy atom. The van der Waals surface area contributed by atoms with Gasteiger partial charge in [0.05, 0.1) is 16.7 Å². The van der Waals surface area contributed by atoms with Crippen molar-refractivity contribution in [3.05, 3.63) is 46.8 Å². The average molecular weight is 419 g/mol. The van der Waals surface area contributed by atoms with E-state index in [9.17, 15) is 13.2 Å². The summed E-state index contributed by atoms with van der Waals surface area (Å²) >= 11 is 0. The van der Waals surface area contributed by atoms with E-state index in [2.05, 4.69) is 25.9 Å². The molecule has 0 unspecified atom stereocenters. The van der Waals surface area contributed by atoms with Gasteiger partial charge in [-0.25, -0.2) is 8.42 Å². The number of aromatic nitrogens is 2. The van der Waals surface area contributed by atoms with Gasteiger partial charge in [0.15, 0.2) is 0 Å². The Bertz CT molecular complexity index is 1000. The fourth-order valence-corrected chi connectivity index (χ4v) is 5.60. The lowest BCUT2D eigenvalue weighted by atomic mass is 9.85. The quantitative estimate of drug-likeness (QED) is 0.767. The number of carbonyl (C=O) groups is 1. The van der Waals surface area contributed by atoms with Crippen LogP contribution in [0.2, 0.25) is 0 Å². The van der Waals surface area contributed by atoms with Crippen LogP contribution >= 0.6 is 0 Å². The van der Waals surface area contributed by atoms with Crippen molar-refractivity contribution in [1.82, 2.24) is 19.0 Å². The first kappa shape index (κ1) is 21.5. The Morgan fingerprint density at radius 2 is 1.59 bits per heavy atom. The summed E-state index contributed by atoms with van der Waals surface area (Å²) in [6.07, 6.45) is 3.21. The van der Waals surface area contributed by atoms with Crippen LogP contribution in [-0.2, 0) is 22.5 Å². The fourth-order valence-electron chi connectivity index (χ4n) is 3.77. The monoisotopic (exact) mass is 418 g/mol. The maximum absolute atomic E-state index is 13.3. The van der Waals surface area contributed by atoms with E-state index < -0.39 is 10.0 Å². The molecule has 29 heavy (non-hydrogen) atoms. The maximum Gasteiger partial charge on any atom is 0.257 e. The third-order valence-electron chi connectivity index (χ3n) is 5.40. The molecule has 0 aliphatic carbocycles. The van der Waals surface area contributed by atoms with Crippen LogP contribution in [0.4, 0.5) is 0 Å². The van der Waals surface area contributed by atoms with Gasteiger partial charge in [0.2, 0.25) is 10.0 Å². The molecular weight excluding hydrogens is 388 g/mol. The molecule has 0 N–H and O–H groups in total. The minimum Gasteiger partial charge on any atom is -0.336 e. The SMILES string of the molecule is Cc1cc(C(C)(C)C)cc(C)c1S(=O)(=O)N1CCN(C(=O)c2cnn(C)c2)CC1. The molecule has 2 aromatic rings. The van der Waals surface area contributed by atoms with Crippen LogP contribution in [-0.4, -0.2) is 59.5 Å². The molecule has 2 heterocycles. The zero-order chi connectivity index (χ0) is 21.6. The summed E-state index contributed by atoms with van der Waals surface area (Å²) in [5, 5.41) is 4.03. The molecule has 7 nitrogen and oxygen atoms in total. The zero-order valence-corrected chi connectivity index (χ0v) is 18.9. The second-order valence-electron chi connectivity index (χ2n) is 8.79. The van der Waals surface area contributed by atoms with E-state index in [0.717, 1.165) is 16.7 Å². The summed E-state index contributed by atoms with van der Waals surface area (Å²) in [6.45, 7) is 11.4. The molecule has 3 rings (SSSR count). The number of nitrogens with zero attached hydrogens (tertiary/aromatic N) is 4. The van der Waals surface area contributed by atoms with Crippen LogP contribution < -0.4 is 0 Å². The lowest BCUT2D eigenvalue weighted by molar-refractivity contribution is 0.0697. The van der Waals surface area contributed by atoms with Crippen LogP contribution in [0.5, 0.6) is 0 Å². The average Bonchev–Trinajstić information content (AvgIpc) is 3.06. The number of carbonyl (C=O) groups excluding carboxylic acids is 1. The molecule has 1 aliphatic rings. The standard InChI is InChI=1S/C21H30N4O3S/c1-15-11-18(21(3,4)5)12-16(2)19(15)29(27,28)25-9-7-24(8-10-25)20(26)17-13-22-23(6)14-17/h11-14H,7-10H2,1-6H3. The van der Waals surface area contributed by atoms with Gasteiger partial charge in [-0.3, -0.25) is 9.48 Å². The molecular formula is C21H30N4O3S. The molecule has 1 aliphatic heterocycles. The van der Waals surface area contributed by atoms with Crippen LogP contribution in [0.1, 0.15) is 47.8 Å². The van der Waals surface area contributed by atoms with Crippen LogP contribution in [0.3, 0.4) is 0 Å². The summed E-state index contributed by atoms with van der Waals surface area (Å²) < 4.78 is 29.8. The van der Waals surface area contributed by atoms with Gasteiger partial charge in [0.25, 0.3) is 5.91 Å². The highest BCUT2D eigenvalue weighted by Gasteiger charge is 2.33. The molecule has 8 heteroatoms.